The zero-order chi connectivity index (χ0) is 13.6. The summed E-state index contributed by atoms with van der Waals surface area (Å²) in [5.41, 5.74) is 0. The number of sulfone groups is 1. The molecule has 5 nitrogen and oxygen atoms in total. The molecule has 1 N–H and O–H groups in total. The summed E-state index contributed by atoms with van der Waals surface area (Å²) >= 11 is 0. The van der Waals surface area contributed by atoms with Crippen LogP contribution >= 0.6 is 0 Å². The van der Waals surface area contributed by atoms with Gasteiger partial charge in [-0.1, -0.05) is 0 Å². The van der Waals surface area contributed by atoms with Crippen LogP contribution in [0.1, 0.15) is 13.3 Å². The average Bonchev–Trinajstić information content (AvgIpc) is 2.38. The number of hydrogen-bond donors (Lipinski definition) is 1. The molecule has 1 fully saturated rings. The molecule has 0 aliphatic carbocycles. The Morgan fingerprint density at radius 2 is 2.00 bits per heavy atom. The van der Waals surface area contributed by atoms with Crippen molar-refractivity contribution >= 4 is 9.84 Å². The Morgan fingerprint density at radius 1 is 1.28 bits per heavy atom. The predicted octanol–water partition coefficient (Wildman–Crippen LogP) is -0.353. The van der Waals surface area contributed by atoms with Crippen LogP contribution < -0.4 is 5.32 Å². The van der Waals surface area contributed by atoms with Crippen LogP contribution in [0, 0.1) is 0 Å². The first-order chi connectivity index (χ1) is 8.38. The first-order valence-corrected chi connectivity index (χ1v) is 8.75. The highest BCUT2D eigenvalue weighted by atomic mass is 32.2. The van der Waals surface area contributed by atoms with Gasteiger partial charge in [0, 0.05) is 38.5 Å². The van der Waals surface area contributed by atoms with Gasteiger partial charge in [-0.2, -0.15) is 0 Å². The second-order valence-corrected chi connectivity index (χ2v) is 7.64. The molecule has 0 spiro atoms. The fourth-order valence-electron chi connectivity index (χ4n) is 2.36. The monoisotopic (exact) mass is 277 g/mol. The molecule has 1 atom stereocenters. The van der Waals surface area contributed by atoms with Gasteiger partial charge in [-0.05, 0) is 33.5 Å². The van der Waals surface area contributed by atoms with Gasteiger partial charge in [-0.3, -0.25) is 4.90 Å². The number of nitrogens with one attached hydrogen (secondary N) is 1. The van der Waals surface area contributed by atoms with E-state index in [9.17, 15) is 8.42 Å². The highest BCUT2D eigenvalue weighted by molar-refractivity contribution is 7.90. The molecule has 1 heterocycles. The molecule has 0 amide bonds. The van der Waals surface area contributed by atoms with Crippen molar-refractivity contribution in [1.82, 2.24) is 15.1 Å². The molecule has 108 valence electrons. The van der Waals surface area contributed by atoms with Gasteiger partial charge in [-0.25, -0.2) is 8.42 Å². The minimum absolute atomic E-state index is 0.227. The predicted molar refractivity (Wildman–Crippen MR) is 75.7 cm³/mol. The normalized spacial score (nSPS) is 24.1. The molecule has 0 bridgehead atoms. The van der Waals surface area contributed by atoms with Crippen molar-refractivity contribution in [3.8, 4) is 0 Å². The number of likely N-dealkylation sites (N-methyl/N-ethyl adjacent to an activating group) is 1. The highest BCUT2D eigenvalue weighted by Gasteiger charge is 2.18. The second-order valence-electron chi connectivity index (χ2n) is 5.38. The Kier molecular flexibility index (Phi) is 6.55. The fourth-order valence-corrected chi connectivity index (χ4v) is 2.87. The van der Waals surface area contributed by atoms with E-state index in [1.807, 2.05) is 0 Å². The van der Waals surface area contributed by atoms with E-state index in [1.54, 1.807) is 0 Å². The van der Waals surface area contributed by atoms with E-state index in [0.717, 1.165) is 26.2 Å². The molecule has 0 radical (unpaired) electrons. The fraction of sp³-hybridized carbons (Fsp3) is 1.00. The van der Waals surface area contributed by atoms with Crippen molar-refractivity contribution in [2.45, 2.75) is 19.4 Å². The molecule has 1 aliphatic heterocycles. The van der Waals surface area contributed by atoms with Gasteiger partial charge in [0.2, 0.25) is 0 Å². The van der Waals surface area contributed by atoms with E-state index < -0.39 is 9.84 Å². The average molecular weight is 277 g/mol. The van der Waals surface area contributed by atoms with Gasteiger partial charge in [0.15, 0.2) is 0 Å². The van der Waals surface area contributed by atoms with E-state index in [2.05, 4.69) is 29.1 Å². The molecule has 1 unspecified atom stereocenters. The van der Waals surface area contributed by atoms with Gasteiger partial charge in [0.05, 0.1) is 5.75 Å². The van der Waals surface area contributed by atoms with Gasteiger partial charge in [0.25, 0.3) is 0 Å². The summed E-state index contributed by atoms with van der Waals surface area (Å²) in [7, 11) is -0.665. The van der Waals surface area contributed by atoms with Crippen LogP contribution in [0.2, 0.25) is 0 Å². The Morgan fingerprint density at radius 3 is 2.67 bits per heavy atom. The highest BCUT2D eigenvalue weighted by Crippen LogP contribution is 2.07. The lowest BCUT2D eigenvalue weighted by Gasteiger charge is -2.27. The molecule has 0 aromatic rings. The summed E-state index contributed by atoms with van der Waals surface area (Å²) < 4.78 is 21.9. The lowest BCUT2D eigenvalue weighted by atomic mass is 10.2. The van der Waals surface area contributed by atoms with Crippen molar-refractivity contribution in [2.24, 2.45) is 0 Å². The Labute approximate surface area is 111 Å². The minimum Gasteiger partial charge on any atom is -0.314 e. The zero-order valence-electron chi connectivity index (χ0n) is 11.9. The van der Waals surface area contributed by atoms with E-state index in [0.29, 0.717) is 12.6 Å². The van der Waals surface area contributed by atoms with Crippen LogP contribution in [-0.4, -0.2) is 82.6 Å². The molecule has 0 saturated carbocycles. The van der Waals surface area contributed by atoms with E-state index in [-0.39, 0.29) is 5.75 Å². The smallest absolute Gasteiger partial charge is 0.148 e. The largest absolute Gasteiger partial charge is 0.314 e. The molecule has 6 heteroatoms. The molecule has 0 aromatic heterocycles. The number of rotatable bonds is 6. The summed E-state index contributed by atoms with van der Waals surface area (Å²) in [6.45, 7) is 8.10. The third-order valence-corrected chi connectivity index (χ3v) is 4.36. The number of hydrogen-bond acceptors (Lipinski definition) is 5. The van der Waals surface area contributed by atoms with Crippen molar-refractivity contribution in [3.05, 3.63) is 0 Å². The maximum absolute atomic E-state index is 11.0. The molecule has 1 rings (SSSR count). The lowest BCUT2D eigenvalue weighted by Crippen LogP contribution is -2.41. The van der Waals surface area contributed by atoms with Crippen molar-refractivity contribution < 1.29 is 8.42 Å². The summed E-state index contributed by atoms with van der Waals surface area (Å²) in [5.74, 6) is 0.227. The van der Waals surface area contributed by atoms with Crippen molar-refractivity contribution in [3.63, 3.8) is 0 Å². The summed E-state index contributed by atoms with van der Waals surface area (Å²) in [6, 6.07) is 0.578. The van der Waals surface area contributed by atoms with Crippen LogP contribution in [0.25, 0.3) is 0 Å². The van der Waals surface area contributed by atoms with Crippen LogP contribution in [0.3, 0.4) is 0 Å². The standard InChI is InChI=1S/C12H27N3O2S/c1-12-11-14(2)7-4-8-15(12)9-5-13-6-10-18(3,16)17/h12-13H,4-11H2,1-3H3. The van der Waals surface area contributed by atoms with E-state index >= 15 is 0 Å². The lowest BCUT2D eigenvalue weighted by molar-refractivity contribution is 0.203. The SMILES string of the molecule is CC1CN(C)CCCN1CCNCCS(C)(=O)=O. The molecule has 0 aromatic carbocycles. The van der Waals surface area contributed by atoms with Crippen LogP contribution in [0.4, 0.5) is 0 Å². The summed E-state index contributed by atoms with van der Waals surface area (Å²) in [5, 5.41) is 3.21. The minimum atomic E-state index is -2.84. The van der Waals surface area contributed by atoms with Gasteiger partial charge in [0.1, 0.15) is 9.84 Å². The van der Waals surface area contributed by atoms with Gasteiger partial charge >= 0.3 is 0 Å². The summed E-state index contributed by atoms with van der Waals surface area (Å²) in [4.78, 5) is 4.86. The van der Waals surface area contributed by atoms with Crippen molar-refractivity contribution in [1.29, 1.82) is 0 Å². The van der Waals surface area contributed by atoms with Crippen molar-refractivity contribution in [2.75, 3.05) is 58.3 Å². The Balaban J connectivity index is 2.18. The quantitative estimate of drug-likeness (QED) is 0.673. The molecule has 18 heavy (non-hydrogen) atoms. The maximum atomic E-state index is 11.0. The molecular formula is C12H27N3O2S. The Bertz CT molecular complexity index is 332. The third-order valence-electron chi connectivity index (χ3n) is 3.41. The van der Waals surface area contributed by atoms with E-state index in [4.69, 9.17) is 0 Å². The Hall–Kier alpha value is -0.170. The summed E-state index contributed by atoms with van der Waals surface area (Å²) in [6.07, 6.45) is 2.49. The first kappa shape index (κ1) is 15.9. The molecular weight excluding hydrogens is 250 g/mol. The van der Waals surface area contributed by atoms with E-state index in [1.165, 1.54) is 19.2 Å². The topological polar surface area (TPSA) is 52.6 Å². The van der Waals surface area contributed by atoms with Gasteiger partial charge < -0.3 is 10.2 Å². The van der Waals surface area contributed by atoms with Crippen LogP contribution in [0.5, 0.6) is 0 Å². The molecule has 1 saturated heterocycles. The van der Waals surface area contributed by atoms with Gasteiger partial charge in [-0.15, -0.1) is 0 Å². The molecule has 1 aliphatic rings. The van der Waals surface area contributed by atoms with Crippen LogP contribution in [-0.2, 0) is 9.84 Å². The zero-order valence-corrected chi connectivity index (χ0v) is 12.7. The maximum Gasteiger partial charge on any atom is 0.148 e. The second kappa shape index (κ2) is 7.43. The number of nitrogens with zero attached hydrogens (tertiary/aromatic N) is 2. The van der Waals surface area contributed by atoms with Crippen LogP contribution in [0.15, 0.2) is 0 Å². The third kappa shape index (κ3) is 6.68. The first-order valence-electron chi connectivity index (χ1n) is 6.69.